The van der Waals surface area contributed by atoms with Crippen LogP contribution < -0.4 is 15.5 Å². The molecule has 0 saturated heterocycles. The highest BCUT2D eigenvalue weighted by Gasteiger charge is 2.39. The largest absolute Gasteiger partial charge is 0.462 e. The first-order valence-electron chi connectivity index (χ1n) is 11.4. The summed E-state index contributed by atoms with van der Waals surface area (Å²) in [5, 5.41) is 5.76. The van der Waals surface area contributed by atoms with Crippen LogP contribution in [0.3, 0.4) is 0 Å². The summed E-state index contributed by atoms with van der Waals surface area (Å²) in [5.74, 6) is -2.18. The van der Waals surface area contributed by atoms with Crippen molar-refractivity contribution in [3.8, 4) is 0 Å². The predicted octanol–water partition coefficient (Wildman–Crippen LogP) is 6.25. The van der Waals surface area contributed by atoms with Crippen molar-refractivity contribution in [3.63, 3.8) is 0 Å². The molecule has 0 fully saturated rings. The van der Waals surface area contributed by atoms with E-state index >= 15 is 0 Å². The van der Waals surface area contributed by atoms with Crippen LogP contribution in [-0.2, 0) is 14.3 Å². The van der Waals surface area contributed by atoms with E-state index in [2.05, 4.69) is 10.6 Å². The Morgan fingerprint density at radius 1 is 0.816 bits per heavy atom. The number of rotatable bonds is 8. The molecule has 194 valence electrons. The molecule has 1 heterocycles. The molecule has 0 saturated carbocycles. The second-order valence-corrected chi connectivity index (χ2v) is 9.30. The van der Waals surface area contributed by atoms with Gasteiger partial charge in [0.1, 0.15) is 10.7 Å². The van der Waals surface area contributed by atoms with Crippen LogP contribution in [0.5, 0.6) is 0 Å². The molecule has 1 aliphatic heterocycles. The normalized spacial score (nSPS) is 13.1. The number of carbonyl (C=O) groups is 4. The van der Waals surface area contributed by atoms with E-state index in [1.807, 2.05) is 6.92 Å². The molecule has 0 unspecified atom stereocenters. The van der Waals surface area contributed by atoms with E-state index in [1.165, 1.54) is 18.2 Å². The van der Waals surface area contributed by atoms with Crippen LogP contribution >= 0.6 is 34.8 Å². The average molecular weight is 573 g/mol. The fraction of sp³-hybridized carbons (Fsp3) is 0.111. The zero-order valence-electron chi connectivity index (χ0n) is 19.9. The third-order valence-electron chi connectivity index (χ3n) is 5.42. The first kappa shape index (κ1) is 27.2. The highest BCUT2D eigenvalue weighted by Crippen LogP contribution is 2.33. The van der Waals surface area contributed by atoms with Gasteiger partial charge in [-0.2, -0.15) is 0 Å². The van der Waals surface area contributed by atoms with Gasteiger partial charge in [-0.25, -0.2) is 9.69 Å². The number of anilines is 3. The molecule has 0 atom stereocenters. The fourth-order valence-corrected chi connectivity index (χ4v) is 4.00. The zero-order valence-corrected chi connectivity index (χ0v) is 22.2. The molecule has 1 aliphatic rings. The molecule has 8 nitrogen and oxygen atoms in total. The van der Waals surface area contributed by atoms with Crippen LogP contribution in [0.2, 0.25) is 10.0 Å². The zero-order chi connectivity index (χ0) is 27.4. The maximum atomic E-state index is 13.0. The Bertz CT molecular complexity index is 1450. The Hall–Kier alpha value is -3.85. The van der Waals surface area contributed by atoms with Crippen LogP contribution in [0, 0.1) is 0 Å². The van der Waals surface area contributed by atoms with Crippen LogP contribution in [0.25, 0.3) is 0 Å². The van der Waals surface area contributed by atoms with Gasteiger partial charge in [0.15, 0.2) is 0 Å². The minimum absolute atomic E-state index is 0.113. The van der Waals surface area contributed by atoms with E-state index in [0.29, 0.717) is 29.1 Å². The summed E-state index contributed by atoms with van der Waals surface area (Å²) < 4.78 is 5.09. The SMILES string of the molecule is CCCOC(=O)c1ccc(NC(=O)c2ccc(NC3=C(Cl)C(=O)N(c4ccc(Cl)c(Cl)c4)C3=O)cc2)cc1. The lowest BCUT2D eigenvalue weighted by Crippen LogP contribution is -2.32. The second kappa shape index (κ2) is 11.7. The number of hydrogen-bond acceptors (Lipinski definition) is 6. The van der Waals surface area contributed by atoms with E-state index in [0.717, 1.165) is 11.3 Å². The molecule has 2 N–H and O–H groups in total. The van der Waals surface area contributed by atoms with Crippen LogP contribution in [0.4, 0.5) is 17.1 Å². The molecule has 3 aromatic carbocycles. The first-order valence-corrected chi connectivity index (χ1v) is 12.5. The Labute approximate surface area is 233 Å². The molecule has 0 aliphatic carbocycles. The number of imide groups is 1. The van der Waals surface area contributed by atoms with Gasteiger partial charge in [-0.1, -0.05) is 41.7 Å². The lowest BCUT2D eigenvalue weighted by Gasteiger charge is -2.15. The molecule has 0 aromatic heterocycles. The lowest BCUT2D eigenvalue weighted by molar-refractivity contribution is -0.120. The van der Waals surface area contributed by atoms with Crippen LogP contribution in [0.1, 0.15) is 34.1 Å². The quantitative estimate of drug-likeness (QED) is 0.244. The maximum Gasteiger partial charge on any atom is 0.338 e. The van der Waals surface area contributed by atoms with Crippen molar-refractivity contribution in [2.75, 3.05) is 22.1 Å². The third-order valence-corrected chi connectivity index (χ3v) is 6.51. The highest BCUT2D eigenvalue weighted by atomic mass is 35.5. The number of amides is 3. The van der Waals surface area contributed by atoms with Crippen molar-refractivity contribution in [2.24, 2.45) is 0 Å². The van der Waals surface area contributed by atoms with Crippen molar-refractivity contribution in [2.45, 2.75) is 13.3 Å². The van der Waals surface area contributed by atoms with Gasteiger partial charge in [0.25, 0.3) is 17.7 Å². The molecule has 3 amide bonds. The molecule has 0 spiro atoms. The molecule has 0 radical (unpaired) electrons. The van der Waals surface area contributed by atoms with Gasteiger partial charge in [0, 0.05) is 16.9 Å². The van der Waals surface area contributed by atoms with Gasteiger partial charge in [-0.3, -0.25) is 14.4 Å². The van der Waals surface area contributed by atoms with Crippen LogP contribution in [-0.4, -0.2) is 30.3 Å². The summed E-state index contributed by atoms with van der Waals surface area (Å²) in [5.41, 5.74) is 1.77. The Morgan fingerprint density at radius 3 is 2.08 bits per heavy atom. The summed E-state index contributed by atoms with van der Waals surface area (Å²) in [6, 6.07) is 16.9. The summed E-state index contributed by atoms with van der Waals surface area (Å²) in [6.45, 7) is 2.24. The van der Waals surface area contributed by atoms with Crippen molar-refractivity contribution in [1.82, 2.24) is 0 Å². The van der Waals surface area contributed by atoms with E-state index < -0.39 is 17.8 Å². The maximum absolute atomic E-state index is 13.0. The number of ether oxygens (including phenoxy) is 1. The first-order chi connectivity index (χ1) is 18.2. The predicted molar refractivity (Wildman–Crippen MR) is 147 cm³/mol. The van der Waals surface area contributed by atoms with Crippen molar-refractivity contribution in [3.05, 3.63) is 98.6 Å². The Morgan fingerprint density at radius 2 is 1.45 bits per heavy atom. The molecular weight excluding hydrogens is 553 g/mol. The Balaban J connectivity index is 1.41. The summed E-state index contributed by atoms with van der Waals surface area (Å²) in [6.07, 6.45) is 0.727. The standard InChI is InChI=1S/C27H20Cl3N3O5/c1-2-13-38-27(37)16-5-9-18(10-6-16)32-24(34)15-3-7-17(8-4-15)31-23-22(30)25(35)33(26(23)36)19-11-12-20(28)21(29)14-19/h3-12,14,31H,2,13H2,1H3,(H,32,34). The second-order valence-electron chi connectivity index (χ2n) is 8.10. The van der Waals surface area contributed by atoms with Gasteiger partial charge in [-0.05, 0) is 73.2 Å². The third kappa shape index (κ3) is 5.83. The van der Waals surface area contributed by atoms with Gasteiger partial charge >= 0.3 is 5.97 Å². The van der Waals surface area contributed by atoms with E-state index in [-0.39, 0.29) is 32.4 Å². The molecule has 11 heteroatoms. The minimum Gasteiger partial charge on any atom is -0.462 e. The number of nitrogens with zero attached hydrogens (tertiary/aromatic N) is 1. The van der Waals surface area contributed by atoms with Gasteiger partial charge in [0.05, 0.1) is 27.9 Å². The fourth-order valence-electron chi connectivity index (χ4n) is 3.49. The number of hydrogen-bond donors (Lipinski definition) is 2. The van der Waals surface area contributed by atoms with Crippen LogP contribution in [0.15, 0.2) is 77.5 Å². The Kier molecular flexibility index (Phi) is 8.36. The average Bonchev–Trinajstić information content (AvgIpc) is 3.12. The van der Waals surface area contributed by atoms with Crippen molar-refractivity contribution < 1.29 is 23.9 Å². The number of carbonyl (C=O) groups excluding carboxylic acids is 4. The molecule has 3 aromatic rings. The summed E-state index contributed by atoms with van der Waals surface area (Å²) in [4.78, 5) is 51.1. The number of halogens is 3. The number of esters is 1. The molecular formula is C27H20Cl3N3O5. The number of nitrogens with one attached hydrogen (secondary N) is 2. The van der Waals surface area contributed by atoms with E-state index in [9.17, 15) is 19.2 Å². The minimum atomic E-state index is -0.710. The van der Waals surface area contributed by atoms with Crippen molar-refractivity contribution in [1.29, 1.82) is 0 Å². The van der Waals surface area contributed by atoms with E-state index in [4.69, 9.17) is 39.5 Å². The van der Waals surface area contributed by atoms with Gasteiger partial charge in [-0.15, -0.1) is 0 Å². The highest BCUT2D eigenvalue weighted by molar-refractivity contribution is 6.53. The smallest absolute Gasteiger partial charge is 0.338 e. The summed E-state index contributed by atoms with van der Waals surface area (Å²) >= 11 is 18.1. The molecule has 0 bridgehead atoms. The van der Waals surface area contributed by atoms with E-state index in [1.54, 1.807) is 48.5 Å². The molecule has 38 heavy (non-hydrogen) atoms. The topological polar surface area (TPSA) is 105 Å². The van der Waals surface area contributed by atoms with Crippen molar-refractivity contribution >= 4 is 75.6 Å². The molecule has 4 rings (SSSR count). The number of benzene rings is 3. The lowest BCUT2D eigenvalue weighted by atomic mass is 10.1. The summed E-state index contributed by atoms with van der Waals surface area (Å²) in [7, 11) is 0. The van der Waals surface area contributed by atoms with Gasteiger partial charge in [0.2, 0.25) is 0 Å². The monoisotopic (exact) mass is 571 g/mol. The van der Waals surface area contributed by atoms with Gasteiger partial charge < -0.3 is 15.4 Å².